The van der Waals surface area contributed by atoms with E-state index in [0.29, 0.717) is 34.9 Å². The Hall–Kier alpha value is -4.58. The van der Waals surface area contributed by atoms with Gasteiger partial charge in [-0.1, -0.05) is 67.6 Å². The van der Waals surface area contributed by atoms with Crippen LogP contribution in [0.15, 0.2) is 103 Å². The fourth-order valence-electron chi connectivity index (χ4n) is 3.80. The number of urea groups is 1. The van der Waals surface area contributed by atoms with Crippen molar-refractivity contribution in [2.75, 3.05) is 17.7 Å². The van der Waals surface area contributed by atoms with Gasteiger partial charge < -0.3 is 20.1 Å². The summed E-state index contributed by atoms with van der Waals surface area (Å²) < 4.78 is 11.6. The number of nitrogens with one attached hydrogen (secondary N) is 2. The molecule has 0 saturated carbocycles. The molecule has 0 aliphatic carbocycles. The molecule has 36 heavy (non-hydrogen) atoms. The van der Waals surface area contributed by atoms with Gasteiger partial charge in [0.2, 0.25) is 0 Å². The summed E-state index contributed by atoms with van der Waals surface area (Å²) in [5, 5.41) is 5.57. The molecule has 0 aliphatic rings. The molecule has 0 spiro atoms. The molecule has 0 fully saturated rings. The zero-order chi connectivity index (χ0) is 25.3. The van der Waals surface area contributed by atoms with Gasteiger partial charge in [-0.05, 0) is 53.6 Å². The molecule has 0 aromatic heterocycles. The second kappa shape index (κ2) is 11.7. The summed E-state index contributed by atoms with van der Waals surface area (Å²) >= 11 is 0. The fourth-order valence-corrected chi connectivity index (χ4v) is 3.80. The zero-order valence-electron chi connectivity index (χ0n) is 20.2. The number of ketones is 1. The van der Waals surface area contributed by atoms with Crippen LogP contribution in [-0.2, 0) is 0 Å². The number of benzene rings is 4. The number of methoxy groups -OCH3 is 1. The van der Waals surface area contributed by atoms with Crippen LogP contribution in [0.1, 0.15) is 40.9 Å². The van der Waals surface area contributed by atoms with E-state index in [1.54, 1.807) is 56.5 Å². The number of carbonyl (C=O) groups is 2. The highest BCUT2D eigenvalue weighted by Crippen LogP contribution is 2.32. The number of amides is 2. The van der Waals surface area contributed by atoms with Crippen LogP contribution >= 0.6 is 0 Å². The van der Waals surface area contributed by atoms with E-state index in [1.165, 1.54) is 0 Å². The monoisotopic (exact) mass is 480 g/mol. The summed E-state index contributed by atoms with van der Waals surface area (Å²) in [5.74, 6) is 1.08. The van der Waals surface area contributed by atoms with Crippen LogP contribution in [0.25, 0.3) is 0 Å². The van der Waals surface area contributed by atoms with Gasteiger partial charge in [0.25, 0.3) is 0 Å². The first-order valence-corrected chi connectivity index (χ1v) is 11.7. The minimum atomic E-state index is -0.421. The Bertz CT molecular complexity index is 1270. The maximum absolute atomic E-state index is 12.9. The number of rotatable bonds is 9. The van der Waals surface area contributed by atoms with Crippen molar-refractivity contribution in [3.05, 3.63) is 120 Å². The van der Waals surface area contributed by atoms with Crippen LogP contribution in [0, 0.1) is 0 Å². The Balaban J connectivity index is 1.58. The Morgan fingerprint density at radius 2 is 1.31 bits per heavy atom. The lowest BCUT2D eigenvalue weighted by atomic mass is 10.0. The highest BCUT2D eigenvalue weighted by molar-refractivity contribution is 6.03. The van der Waals surface area contributed by atoms with E-state index in [0.717, 1.165) is 11.1 Å². The van der Waals surface area contributed by atoms with Gasteiger partial charge in [-0.2, -0.15) is 0 Å². The Labute approximate surface area is 210 Å². The molecular weight excluding hydrogens is 452 g/mol. The van der Waals surface area contributed by atoms with E-state index >= 15 is 0 Å². The topological polar surface area (TPSA) is 76.7 Å². The molecule has 2 N–H and O–H groups in total. The zero-order valence-corrected chi connectivity index (χ0v) is 20.2. The van der Waals surface area contributed by atoms with Gasteiger partial charge in [0.1, 0.15) is 17.6 Å². The van der Waals surface area contributed by atoms with Crippen LogP contribution in [-0.4, -0.2) is 18.9 Å². The lowest BCUT2D eigenvalue weighted by Gasteiger charge is -2.22. The van der Waals surface area contributed by atoms with Crippen LogP contribution < -0.4 is 20.1 Å². The minimum absolute atomic E-state index is 0.0796. The molecule has 0 unspecified atom stereocenters. The van der Waals surface area contributed by atoms with Crippen molar-refractivity contribution in [3.8, 4) is 11.5 Å². The average Bonchev–Trinajstić information content (AvgIpc) is 2.93. The molecule has 2 amide bonds. The van der Waals surface area contributed by atoms with Crippen molar-refractivity contribution in [1.82, 2.24) is 0 Å². The van der Waals surface area contributed by atoms with Crippen molar-refractivity contribution in [2.45, 2.75) is 19.4 Å². The molecule has 4 rings (SSSR count). The van der Waals surface area contributed by atoms with Crippen LogP contribution in [0.3, 0.4) is 0 Å². The Kier molecular flexibility index (Phi) is 7.98. The molecular formula is C30H28N2O4. The van der Waals surface area contributed by atoms with Crippen LogP contribution in [0.2, 0.25) is 0 Å². The third-order valence-electron chi connectivity index (χ3n) is 5.66. The highest BCUT2D eigenvalue weighted by atomic mass is 16.5. The normalized spacial score (nSPS) is 10.5. The molecule has 4 aromatic carbocycles. The van der Waals surface area contributed by atoms with Crippen molar-refractivity contribution in [1.29, 1.82) is 0 Å². The second-order valence-electron chi connectivity index (χ2n) is 8.11. The van der Waals surface area contributed by atoms with Gasteiger partial charge in [0.05, 0.1) is 12.7 Å². The molecule has 4 aromatic rings. The maximum atomic E-state index is 12.9. The van der Waals surface area contributed by atoms with E-state index in [-0.39, 0.29) is 5.78 Å². The first-order chi connectivity index (χ1) is 17.6. The summed E-state index contributed by atoms with van der Waals surface area (Å²) in [6.07, 6.45) is -0.0906. The number of Topliss-reactive ketones (excluding diaryl/α,β-unsaturated/α-hetero) is 1. The van der Waals surface area contributed by atoms with E-state index < -0.39 is 12.1 Å². The summed E-state index contributed by atoms with van der Waals surface area (Å²) in [7, 11) is 1.58. The summed E-state index contributed by atoms with van der Waals surface area (Å²) in [5.41, 5.74) is 3.46. The number of anilines is 2. The highest BCUT2D eigenvalue weighted by Gasteiger charge is 2.20. The molecule has 0 saturated heterocycles. The molecule has 6 heteroatoms. The van der Waals surface area contributed by atoms with Gasteiger partial charge >= 0.3 is 6.03 Å². The molecule has 0 bridgehead atoms. The summed E-state index contributed by atoms with van der Waals surface area (Å²) in [4.78, 5) is 25.4. The third kappa shape index (κ3) is 6.10. The standard InChI is InChI=1S/C30H28N2O4/c1-3-27(33)26-20-24(32-30(34)31-23-14-17-25(35-2)18-15-23)16-19-28(26)36-29(21-10-6-4-7-11-21)22-12-8-5-9-13-22/h4-20,29H,3H2,1-2H3,(H2,31,32,34). The molecule has 182 valence electrons. The first-order valence-electron chi connectivity index (χ1n) is 11.7. The third-order valence-corrected chi connectivity index (χ3v) is 5.66. The van der Waals surface area contributed by atoms with E-state index in [4.69, 9.17) is 9.47 Å². The number of hydrogen-bond donors (Lipinski definition) is 2. The van der Waals surface area contributed by atoms with Crippen LogP contribution in [0.4, 0.5) is 16.2 Å². The predicted molar refractivity (Wildman–Crippen MR) is 142 cm³/mol. The van der Waals surface area contributed by atoms with E-state index in [9.17, 15) is 9.59 Å². The van der Waals surface area contributed by atoms with Crippen molar-refractivity contribution < 1.29 is 19.1 Å². The number of carbonyl (C=O) groups excluding carboxylic acids is 2. The largest absolute Gasteiger partial charge is 0.497 e. The lowest BCUT2D eigenvalue weighted by Crippen LogP contribution is -2.20. The van der Waals surface area contributed by atoms with Crippen molar-refractivity contribution in [3.63, 3.8) is 0 Å². The maximum Gasteiger partial charge on any atom is 0.323 e. The summed E-state index contributed by atoms with van der Waals surface area (Å²) in [6.45, 7) is 1.80. The first kappa shape index (κ1) is 24.5. The van der Waals surface area contributed by atoms with E-state index in [1.807, 2.05) is 60.7 Å². The minimum Gasteiger partial charge on any atom is -0.497 e. The van der Waals surface area contributed by atoms with Gasteiger partial charge in [-0.25, -0.2) is 4.79 Å². The fraction of sp³-hybridized carbons (Fsp3) is 0.133. The molecule has 0 atom stereocenters. The van der Waals surface area contributed by atoms with Gasteiger partial charge in [-0.3, -0.25) is 4.79 Å². The summed E-state index contributed by atoms with van der Waals surface area (Å²) in [6, 6.07) is 31.4. The van der Waals surface area contributed by atoms with Crippen molar-refractivity contribution in [2.24, 2.45) is 0 Å². The van der Waals surface area contributed by atoms with Gasteiger partial charge in [-0.15, -0.1) is 0 Å². The molecule has 6 nitrogen and oxygen atoms in total. The second-order valence-corrected chi connectivity index (χ2v) is 8.11. The van der Waals surface area contributed by atoms with Gasteiger partial charge in [0.15, 0.2) is 5.78 Å². The number of hydrogen-bond acceptors (Lipinski definition) is 4. The van der Waals surface area contributed by atoms with Crippen LogP contribution in [0.5, 0.6) is 11.5 Å². The Morgan fingerprint density at radius 3 is 1.86 bits per heavy atom. The Morgan fingerprint density at radius 1 is 0.750 bits per heavy atom. The van der Waals surface area contributed by atoms with E-state index in [2.05, 4.69) is 10.6 Å². The average molecular weight is 481 g/mol. The quantitative estimate of drug-likeness (QED) is 0.251. The van der Waals surface area contributed by atoms with Crippen molar-refractivity contribution >= 4 is 23.2 Å². The number of ether oxygens (including phenoxy) is 2. The molecule has 0 aliphatic heterocycles. The predicted octanol–water partition coefficient (Wildman–Crippen LogP) is 7.10. The molecule has 0 radical (unpaired) electrons. The SMILES string of the molecule is CCC(=O)c1cc(NC(=O)Nc2ccc(OC)cc2)ccc1OC(c1ccccc1)c1ccccc1. The smallest absolute Gasteiger partial charge is 0.323 e. The van der Waals surface area contributed by atoms with Gasteiger partial charge in [0, 0.05) is 17.8 Å². The lowest BCUT2D eigenvalue weighted by molar-refractivity contribution is 0.0982. The molecule has 0 heterocycles.